The molecule has 1 aromatic rings. The number of nitrogens with two attached hydrogens (primary N) is 1. The number of hydrogen-bond acceptors (Lipinski definition) is 4. The van der Waals surface area contributed by atoms with E-state index in [1.54, 1.807) is 0 Å². The van der Waals surface area contributed by atoms with Crippen molar-refractivity contribution >= 4 is 33.7 Å². The van der Waals surface area contributed by atoms with Crippen molar-refractivity contribution in [3.8, 4) is 5.75 Å². The van der Waals surface area contributed by atoms with Crippen molar-refractivity contribution in [3.63, 3.8) is 0 Å². The highest BCUT2D eigenvalue weighted by molar-refractivity contribution is 9.10. The summed E-state index contributed by atoms with van der Waals surface area (Å²) in [6, 6.07) is 2.68. The number of carbonyl (C=O) groups excluding carboxylic acids is 2. The Kier molecular flexibility index (Phi) is 4.87. The Labute approximate surface area is 116 Å². The van der Waals surface area contributed by atoms with E-state index in [1.165, 1.54) is 18.2 Å². The van der Waals surface area contributed by atoms with Gasteiger partial charge in [0.05, 0.1) is 12.0 Å². The summed E-state index contributed by atoms with van der Waals surface area (Å²) in [5.74, 6) is -3.36. The molecular weight excluding hydrogens is 320 g/mol. The number of carboxylic acids is 1. The molecule has 0 unspecified atom stereocenters. The van der Waals surface area contributed by atoms with Crippen LogP contribution in [0.2, 0.25) is 0 Å². The number of rotatable bonds is 5. The fourth-order valence-corrected chi connectivity index (χ4v) is 1.68. The lowest BCUT2D eigenvalue weighted by Crippen LogP contribution is -2.43. The van der Waals surface area contributed by atoms with Crippen molar-refractivity contribution in [2.45, 2.75) is 12.5 Å². The third kappa shape index (κ3) is 4.25. The van der Waals surface area contributed by atoms with Gasteiger partial charge in [0.15, 0.2) is 0 Å². The van der Waals surface area contributed by atoms with Crippen LogP contribution in [0.3, 0.4) is 0 Å². The average molecular weight is 331 g/mol. The Balaban J connectivity index is 2.87. The molecule has 0 aliphatic rings. The molecule has 0 spiro atoms. The zero-order valence-corrected chi connectivity index (χ0v) is 11.2. The molecule has 0 aliphatic carbocycles. The predicted molar refractivity (Wildman–Crippen MR) is 68.5 cm³/mol. The van der Waals surface area contributed by atoms with Crippen LogP contribution in [-0.2, 0) is 9.59 Å². The van der Waals surface area contributed by atoms with Crippen molar-refractivity contribution in [1.29, 1.82) is 0 Å². The normalized spacial score (nSPS) is 11.6. The largest absolute Gasteiger partial charge is 0.507 e. The van der Waals surface area contributed by atoms with E-state index < -0.39 is 30.2 Å². The first-order valence-corrected chi connectivity index (χ1v) is 5.91. The summed E-state index contributed by atoms with van der Waals surface area (Å²) in [5, 5.41) is 20.5. The van der Waals surface area contributed by atoms with Crippen LogP contribution in [0.5, 0.6) is 5.75 Å². The lowest BCUT2D eigenvalue weighted by atomic mass is 10.1. The molecule has 102 valence electrons. The highest BCUT2D eigenvalue weighted by Gasteiger charge is 2.23. The Morgan fingerprint density at radius 2 is 2.00 bits per heavy atom. The molecule has 1 aromatic carbocycles. The van der Waals surface area contributed by atoms with Crippen molar-refractivity contribution in [3.05, 3.63) is 28.2 Å². The molecule has 0 bridgehead atoms. The summed E-state index contributed by atoms with van der Waals surface area (Å²) >= 11 is 3.11. The standard InChI is InChI=1S/C11H11BrN2O5/c12-5-1-2-6(8(15)3-5)10(17)14-7(11(18)19)4-9(13)16/h1-3,7,15H,4H2,(H2,13,16)(H,14,17)(H,18,19)/t7-/m1/s1. The molecule has 0 aromatic heterocycles. The van der Waals surface area contributed by atoms with E-state index in [2.05, 4.69) is 21.2 Å². The maximum absolute atomic E-state index is 11.8. The average Bonchev–Trinajstić information content (AvgIpc) is 2.26. The first kappa shape index (κ1) is 15.0. The minimum Gasteiger partial charge on any atom is -0.507 e. The van der Waals surface area contributed by atoms with Crippen LogP contribution in [-0.4, -0.2) is 34.0 Å². The van der Waals surface area contributed by atoms with E-state index >= 15 is 0 Å². The van der Waals surface area contributed by atoms with Gasteiger partial charge in [-0.1, -0.05) is 15.9 Å². The lowest BCUT2D eigenvalue weighted by molar-refractivity contribution is -0.140. The van der Waals surface area contributed by atoms with Crippen LogP contribution in [0.25, 0.3) is 0 Å². The fraction of sp³-hybridized carbons (Fsp3) is 0.182. The molecule has 2 amide bonds. The van der Waals surface area contributed by atoms with Crippen molar-refractivity contribution in [2.75, 3.05) is 0 Å². The number of aliphatic carboxylic acids is 1. The molecular formula is C11H11BrN2O5. The monoisotopic (exact) mass is 330 g/mol. The lowest BCUT2D eigenvalue weighted by Gasteiger charge is -2.13. The zero-order chi connectivity index (χ0) is 14.6. The molecule has 0 aliphatic heterocycles. The number of carboxylic acid groups (broad SMARTS) is 1. The third-order valence-electron chi connectivity index (χ3n) is 2.21. The number of carbonyl (C=O) groups is 3. The number of halogens is 1. The van der Waals surface area contributed by atoms with Crippen LogP contribution in [0, 0.1) is 0 Å². The van der Waals surface area contributed by atoms with Crippen molar-refractivity contribution in [1.82, 2.24) is 5.32 Å². The van der Waals surface area contributed by atoms with E-state index in [4.69, 9.17) is 10.8 Å². The first-order chi connectivity index (χ1) is 8.81. The highest BCUT2D eigenvalue weighted by atomic mass is 79.9. The van der Waals surface area contributed by atoms with Crippen LogP contribution in [0.1, 0.15) is 16.8 Å². The Hall–Kier alpha value is -2.09. The summed E-state index contributed by atoms with van der Waals surface area (Å²) in [5.41, 5.74) is 4.79. The van der Waals surface area contributed by atoms with Crippen LogP contribution >= 0.6 is 15.9 Å². The number of amides is 2. The molecule has 0 radical (unpaired) electrons. The van der Waals surface area contributed by atoms with E-state index in [0.717, 1.165) is 0 Å². The van der Waals surface area contributed by atoms with Gasteiger partial charge in [0.25, 0.3) is 5.91 Å². The van der Waals surface area contributed by atoms with Gasteiger partial charge in [0.1, 0.15) is 11.8 Å². The van der Waals surface area contributed by atoms with Crippen molar-refractivity contribution < 1.29 is 24.6 Å². The molecule has 0 saturated carbocycles. The summed E-state index contributed by atoms with van der Waals surface area (Å²) in [4.78, 5) is 33.3. The number of hydrogen-bond donors (Lipinski definition) is 4. The molecule has 0 saturated heterocycles. The van der Waals surface area contributed by atoms with Crippen LogP contribution in [0.15, 0.2) is 22.7 Å². The van der Waals surface area contributed by atoms with Gasteiger partial charge in [-0.25, -0.2) is 4.79 Å². The molecule has 5 N–H and O–H groups in total. The Morgan fingerprint density at radius 3 is 2.47 bits per heavy atom. The second-order valence-electron chi connectivity index (χ2n) is 3.70. The quantitative estimate of drug-likeness (QED) is 0.613. The molecule has 19 heavy (non-hydrogen) atoms. The predicted octanol–water partition coefficient (Wildman–Crippen LogP) is 0.213. The van der Waals surface area contributed by atoms with Gasteiger partial charge >= 0.3 is 5.97 Å². The van der Waals surface area contributed by atoms with E-state index in [0.29, 0.717) is 4.47 Å². The van der Waals surface area contributed by atoms with Gasteiger partial charge in [-0.15, -0.1) is 0 Å². The number of primary amides is 1. The van der Waals surface area contributed by atoms with Crippen LogP contribution in [0.4, 0.5) is 0 Å². The summed E-state index contributed by atoms with van der Waals surface area (Å²) < 4.78 is 0.563. The Morgan fingerprint density at radius 1 is 1.37 bits per heavy atom. The molecule has 0 heterocycles. The second kappa shape index (κ2) is 6.19. The number of phenols is 1. The fourth-order valence-electron chi connectivity index (χ4n) is 1.33. The molecule has 1 rings (SSSR count). The van der Waals surface area contributed by atoms with E-state index in [9.17, 15) is 19.5 Å². The molecule has 7 nitrogen and oxygen atoms in total. The molecule has 0 fully saturated rings. The SMILES string of the molecule is NC(=O)C[C@@H](NC(=O)c1ccc(Br)cc1O)C(=O)O. The maximum Gasteiger partial charge on any atom is 0.326 e. The minimum absolute atomic E-state index is 0.0982. The summed E-state index contributed by atoms with van der Waals surface area (Å²) in [7, 11) is 0. The topological polar surface area (TPSA) is 130 Å². The Bertz CT molecular complexity index is 532. The highest BCUT2D eigenvalue weighted by Crippen LogP contribution is 2.22. The van der Waals surface area contributed by atoms with Gasteiger partial charge in [-0.2, -0.15) is 0 Å². The van der Waals surface area contributed by atoms with Crippen molar-refractivity contribution in [2.24, 2.45) is 5.73 Å². The number of nitrogens with one attached hydrogen (secondary N) is 1. The van der Waals surface area contributed by atoms with Gasteiger partial charge in [-0.05, 0) is 18.2 Å². The number of benzene rings is 1. The second-order valence-corrected chi connectivity index (χ2v) is 4.61. The van der Waals surface area contributed by atoms with E-state index in [-0.39, 0.29) is 11.3 Å². The van der Waals surface area contributed by atoms with Gasteiger partial charge in [0, 0.05) is 4.47 Å². The number of aromatic hydroxyl groups is 1. The van der Waals surface area contributed by atoms with E-state index in [1.807, 2.05) is 0 Å². The summed E-state index contributed by atoms with van der Waals surface area (Å²) in [6.45, 7) is 0. The van der Waals surface area contributed by atoms with Gasteiger partial charge in [0.2, 0.25) is 5.91 Å². The smallest absolute Gasteiger partial charge is 0.326 e. The molecule has 1 atom stereocenters. The maximum atomic E-state index is 11.8. The first-order valence-electron chi connectivity index (χ1n) is 5.11. The zero-order valence-electron chi connectivity index (χ0n) is 9.59. The molecule has 8 heteroatoms. The van der Waals surface area contributed by atoms with Gasteiger partial charge < -0.3 is 21.3 Å². The number of phenolic OH excluding ortho intramolecular Hbond substituents is 1. The minimum atomic E-state index is -1.44. The third-order valence-corrected chi connectivity index (χ3v) is 2.71. The van der Waals surface area contributed by atoms with Gasteiger partial charge in [-0.3, -0.25) is 9.59 Å². The van der Waals surface area contributed by atoms with Crippen LogP contribution < -0.4 is 11.1 Å². The summed E-state index contributed by atoms with van der Waals surface area (Å²) in [6.07, 6.45) is -0.529.